The number of aromatic amines is 1. The van der Waals surface area contributed by atoms with Crippen molar-refractivity contribution in [2.45, 2.75) is 4.90 Å². The number of thioether (sulfide) groups is 1. The third-order valence-corrected chi connectivity index (χ3v) is 2.43. The van der Waals surface area contributed by atoms with Gasteiger partial charge in [0.1, 0.15) is 5.82 Å². The molecule has 0 radical (unpaired) electrons. The summed E-state index contributed by atoms with van der Waals surface area (Å²) in [7, 11) is 0. The second-order valence-electron chi connectivity index (χ2n) is 1.99. The van der Waals surface area contributed by atoms with Crippen molar-refractivity contribution >= 4 is 17.6 Å². The largest absolute Gasteiger partial charge is 0.370 e. The zero-order chi connectivity index (χ0) is 6.10. The highest BCUT2D eigenvalue weighted by atomic mass is 32.2. The van der Waals surface area contributed by atoms with Gasteiger partial charge in [0.25, 0.3) is 0 Å². The van der Waals surface area contributed by atoms with Crippen LogP contribution in [0.3, 0.4) is 0 Å². The molecule has 0 spiro atoms. The molecule has 0 aliphatic carbocycles. The summed E-state index contributed by atoms with van der Waals surface area (Å²) in [6, 6.07) is 2.10. The van der Waals surface area contributed by atoms with E-state index < -0.39 is 0 Å². The van der Waals surface area contributed by atoms with E-state index in [-0.39, 0.29) is 0 Å². The number of hydrogen-bond acceptors (Lipinski definition) is 2. The highest BCUT2D eigenvalue weighted by Crippen LogP contribution is 2.28. The molecule has 1 aliphatic rings. The Kier molecular flexibility index (Phi) is 1.16. The Balaban J connectivity index is 2.39. The van der Waals surface area contributed by atoms with E-state index in [0.29, 0.717) is 0 Å². The van der Waals surface area contributed by atoms with E-state index in [4.69, 9.17) is 0 Å². The highest BCUT2D eigenvalue weighted by molar-refractivity contribution is 7.99. The van der Waals surface area contributed by atoms with Crippen LogP contribution in [0.15, 0.2) is 17.2 Å². The van der Waals surface area contributed by atoms with Crippen molar-refractivity contribution in [3.8, 4) is 0 Å². The molecular weight excluding hydrogens is 132 g/mol. The summed E-state index contributed by atoms with van der Waals surface area (Å²) >= 11 is 1.90. The average molecular weight is 140 g/mol. The number of nitrogens with one attached hydrogen (secondary N) is 2. The topological polar surface area (TPSA) is 27.8 Å². The van der Waals surface area contributed by atoms with Crippen LogP contribution in [-0.4, -0.2) is 17.3 Å². The number of hydrogen-bond donors (Lipinski definition) is 2. The number of fused-ring (bicyclic) bond motifs is 1. The van der Waals surface area contributed by atoms with E-state index >= 15 is 0 Å². The maximum absolute atomic E-state index is 3.27. The molecule has 0 atom stereocenters. The lowest BCUT2D eigenvalue weighted by molar-refractivity contribution is 1.14. The van der Waals surface area contributed by atoms with Gasteiger partial charge < -0.3 is 10.3 Å². The van der Waals surface area contributed by atoms with Crippen LogP contribution in [0.1, 0.15) is 0 Å². The molecule has 0 aromatic carbocycles. The summed E-state index contributed by atoms with van der Waals surface area (Å²) in [6.07, 6.45) is 1.97. The first-order chi connectivity index (χ1) is 4.47. The van der Waals surface area contributed by atoms with Crippen LogP contribution in [0.5, 0.6) is 0 Å². The van der Waals surface area contributed by atoms with Crippen LogP contribution in [0.2, 0.25) is 0 Å². The number of H-pyrrole nitrogens is 1. The average Bonchev–Trinajstić information content (AvgIpc) is 2.33. The van der Waals surface area contributed by atoms with Gasteiger partial charge in [0.15, 0.2) is 0 Å². The predicted octanol–water partition coefficient (Wildman–Crippen LogP) is 1.53. The summed E-state index contributed by atoms with van der Waals surface area (Å²) in [5.41, 5.74) is 0. The zero-order valence-electron chi connectivity index (χ0n) is 4.98. The first-order valence-electron chi connectivity index (χ1n) is 3.01. The smallest absolute Gasteiger partial charge is 0.117 e. The molecule has 0 bridgehead atoms. The summed E-state index contributed by atoms with van der Waals surface area (Å²) in [4.78, 5) is 4.47. The van der Waals surface area contributed by atoms with Gasteiger partial charge in [-0.1, -0.05) is 0 Å². The fourth-order valence-corrected chi connectivity index (χ4v) is 1.81. The first-order valence-corrected chi connectivity index (χ1v) is 3.99. The fourth-order valence-electron chi connectivity index (χ4n) is 0.951. The van der Waals surface area contributed by atoms with E-state index in [9.17, 15) is 0 Å². The summed E-state index contributed by atoms with van der Waals surface area (Å²) in [5.74, 6) is 2.37. The lowest BCUT2D eigenvalue weighted by Gasteiger charge is -2.11. The molecule has 1 aromatic rings. The maximum atomic E-state index is 3.27. The molecule has 1 aromatic heterocycles. The summed E-state index contributed by atoms with van der Waals surface area (Å²) in [5, 5.41) is 3.27. The van der Waals surface area contributed by atoms with Crippen molar-refractivity contribution in [3.05, 3.63) is 12.3 Å². The van der Waals surface area contributed by atoms with Gasteiger partial charge >= 0.3 is 0 Å². The molecule has 9 heavy (non-hydrogen) atoms. The molecule has 3 heteroatoms. The van der Waals surface area contributed by atoms with Gasteiger partial charge in [-0.25, -0.2) is 0 Å². The Bertz CT molecular complexity index is 186. The molecule has 2 heterocycles. The normalized spacial score (nSPS) is 16.4. The third kappa shape index (κ3) is 0.812. The van der Waals surface area contributed by atoms with Gasteiger partial charge in [0.2, 0.25) is 0 Å². The number of aromatic nitrogens is 1. The van der Waals surface area contributed by atoms with Crippen molar-refractivity contribution in [3.63, 3.8) is 0 Å². The SMILES string of the molecule is c1cc2c([nH]1)NCCS2. The predicted molar refractivity (Wildman–Crippen MR) is 40.0 cm³/mol. The van der Waals surface area contributed by atoms with E-state index in [0.717, 1.165) is 6.54 Å². The molecule has 2 rings (SSSR count). The maximum Gasteiger partial charge on any atom is 0.117 e. The van der Waals surface area contributed by atoms with Crippen LogP contribution in [0.4, 0.5) is 5.82 Å². The van der Waals surface area contributed by atoms with Gasteiger partial charge in [0, 0.05) is 23.4 Å². The second-order valence-corrected chi connectivity index (χ2v) is 3.13. The molecule has 0 saturated carbocycles. The third-order valence-electron chi connectivity index (χ3n) is 1.37. The molecule has 0 unspecified atom stereocenters. The number of anilines is 1. The molecule has 0 amide bonds. The van der Waals surface area contributed by atoms with Crippen LogP contribution >= 0.6 is 11.8 Å². The van der Waals surface area contributed by atoms with Crippen molar-refractivity contribution in [2.24, 2.45) is 0 Å². The van der Waals surface area contributed by atoms with Gasteiger partial charge in [0.05, 0.1) is 0 Å². The highest BCUT2D eigenvalue weighted by Gasteiger charge is 2.07. The fraction of sp³-hybridized carbons (Fsp3) is 0.333. The van der Waals surface area contributed by atoms with E-state index in [2.05, 4.69) is 16.4 Å². The summed E-state index contributed by atoms with van der Waals surface area (Å²) < 4.78 is 0. The standard InChI is InChI=1S/C6H8N2S/c1-2-7-6-5(1)9-4-3-8-6/h1-2,7-8H,3-4H2. The van der Waals surface area contributed by atoms with Gasteiger partial charge in [-0.2, -0.15) is 0 Å². The molecule has 0 saturated heterocycles. The monoisotopic (exact) mass is 140 g/mol. The van der Waals surface area contributed by atoms with Crippen LogP contribution in [0, 0.1) is 0 Å². The minimum Gasteiger partial charge on any atom is -0.370 e. The van der Waals surface area contributed by atoms with Crippen LogP contribution < -0.4 is 5.32 Å². The van der Waals surface area contributed by atoms with Crippen LogP contribution in [0.25, 0.3) is 0 Å². The molecule has 1 aliphatic heterocycles. The van der Waals surface area contributed by atoms with E-state index in [1.807, 2.05) is 18.0 Å². The van der Waals surface area contributed by atoms with Crippen LogP contribution in [-0.2, 0) is 0 Å². The van der Waals surface area contributed by atoms with E-state index in [1.54, 1.807) is 0 Å². The van der Waals surface area contributed by atoms with Gasteiger partial charge in [-0.15, -0.1) is 11.8 Å². The molecular formula is C6H8N2S. The van der Waals surface area contributed by atoms with Crippen molar-refractivity contribution < 1.29 is 0 Å². The first kappa shape index (κ1) is 5.23. The second kappa shape index (κ2) is 1.99. The quantitative estimate of drug-likeness (QED) is 0.572. The van der Waals surface area contributed by atoms with Crippen molar-refractivity contribution in [1.82, 2.24) is 4.98 Å². The molecule has 0 fully saturated rings. The Morgan fingerprint density at radius 2 is 2.56 bits per heavy atom. The van der Waals surface area contributed by atoms with Gasteiger partial charge in [-0.05, 0) is 6.07 Å². The lowest BCUT2D eigenvalue weighted by atomic mass is 10.5. The van der Waals surface area contributed by atoms with E-state index in [1.165, 1.54) is 16.5 Å². The molecule has 2 nitrogen and oxygen atoms in total. The molecule has 2 N–H and O–H groups in total. The Hall–Kier alpha value is -0.570. The Labute approximate surface area is 58.0 Å². The van der Waals surface area contributed by atoms with Crippen molar-refractivity contribution in [2.75, 3.05) is 17.6 Å². The minimum atomic E-state index is 1.08. The lowest BCUT2D eigenvalue weighted by Crippen LogP contribution is -2.08. The molecule has 48 valence electrons. The minimum absolute atomic E-state index is 1.08. The van der Waals surface area contributed by atoms with Crippen molar-refractivity contribution in [1.29, 1.82) is 0 Å². The zero-order valence-corrected chi connectivity index (χ0v) is 5.79. The Morgan fingerprint density at radius 1 is 1.56 bits per heavy atom. The Morgan fingerprint density at radius 3 is 3.44 bits per heavy atom. The summed E-state index contributed by atoms with van der Waals surface area (Å²) in [6.45, 7) is 1.08. The number of rotatable bonds is 0. The van der Waals surface area contributed by atoms with Gasteiger partial charge in [-0.3, -0.25) is 0 Å².